The molecule has 5 heteroatoms. The molecule has 1 saturated heterocycles. The lowest BCUT2D eigenvalue weighted by Gasteiger charge is -2.26. The number of carbonyl (C=O) groups excluding carboxylic acids is 1. The van der Waals surface area contributed by atoms with E-state index in [9.17, 15) is 9.59 Å². The molecule has 1 aliphatic heterocycles. The van der Waals surface area contributed by atoms with Crippen molar-refractivity contribution >= 4 is 11.9 Å². The topological polar surface area (TPSA) is 69.6 Å². The zero-order chi connectivity index (χ0) is 11.8. The largest absolute Gasteiger partial charge is 0.481 e. The van der Waals surface area contributed by atoms with Gasteiger partial charge in [0.15, 0.2) is 0 Å². The Morgan fingerprint density at radius 1 is 1.12 bits per heavy atom. The van der Waals surface area contributed by atoms with Crippen molar-refractivity contribution in [3.63, 3.8) is 0 Å². The van der Waals surface area contributed by atoms with E-state index in [-0.39, 0.29) is 18.7 Å². The van der Waals surface area contributed by atoms with Gasteiger partial charge in [-0.1, -0.05) is 6.42 Å². The van der Waals surface area contributed by atoms with E-state index in [1.54, 1.807) is 0 Å². The molecule has 0 radical (unpaired) electrons. The summed E-state index contributed by atoms with van der Waals surface area (Å²) in [6.07, 6.45) is 3.78. The number of carboxylic acids is 1. The maximum absolute atomic E-state index is 11.2. The molecule has 0 aromatic rings. The first-order valence-electron chi connectivity index (χ1n) is 5.89. The van der Waals surface area contributed by atoms with Crippen molar-refractivity contribution < 1.29 is 14.7 Å². The van der Waals surface area contributed by atoms with Gasteiger partial charge in [0.1, 0.15) is 0 Å². The highest BCUT2D eigenvalue weighted by atomic mass is 16.4. The van der Waals surface area contributed by atoms with Gasteiger partial charge in [0.05, 0.1) is 6.42 Å². The lowest BCUT2D eigenvalue weighted by molar-refractivity contribution is -0.138. The van der Waals surface area contributed by atoms with E-state index in [0.29, 0.717) is 6.54 Å². The minimum atomic E-state index is -0.925. The van der Waals surface area contributed by atoms with Gasteiger partial charge in [0.25, 0.3) is 0 Å². The third-order valence-corrected chi connectivity index (χ3v) is 2.76. The van der Waals surface area contributed by atoms with Crippen LogP contribution in [0.5, 0.6) is 0 Å². The smallest absolute Gasteiger partial charge is 0.303 e. The van der Waals surface area contributed by atoms with Crippen molar-refractivity contribution in [1.82, 2.24) is 10.2 Å². The van der Waals surface area contributed by atoms with Gasteiger partial charge in [-0.05, 0) is 25.9 Å². The Bertz CT molecular complexity index is 237. The maximum Gasteiger partial charge on any atom is 0.303 e. The number of hydrogen-bond acceptors (Lipinski definition) is 3. The molecule has 5 nitrogen and oxygen atoms in total. The van der Waals surface area contributed by atoms with Gasteiger partial charge >= 0.3 is 5.97 Å². The SMILES string of the molecule is O=C(O)CCC(=O)NCCN1CCCCC1. The number of amides is 1. The van der Waals surface area contributed by atoms with Gasteiger partial charge in [-0.25, -0.2) is 0 Å². The zero-order valence-corrected chi connectivity index (χ0v) is 9.57. The van der Waals surface area contributed by atoms with Crippen LogP contribution in [0.15, 0.2) is 0 Å². The van der Waals surface area contributed by atoms with Crippen LogP contribution in [0.3, 0.4) is 0 Å². The molecule has 16 heavy (non-hydrogen) atoms. The second-order valence-corrected chi connectivity index (χ2v) is 4.15. The first-order valence-corrected chi connectivity index (χ1v) is 5.89. The molecular weight excluding hydrogens is 208 g/mol. The molecule has 2 N–H and O–H groups in total. The summed E-state index contributed by atoms with van der Waals surface area (Å²) in [7, 11) is 0. The van der Waals surface area contributed by atoms with Gasteiger partial charge in [-0.15, -0.1) is 0 Å². The average molecular weight is 228 g/mol. The summed E-state index contributed by atoms with van der Waals surface area (Å²) in [5.74, 6) is -1.09. The molecule has 0 bridgehead atoms. The third-order valence-electron chi connectivity index (χ3n) is 2.76. The number of nitrogens with one attached hydrogen (secondary N) is 1. The molecule has 92 valence electrons. The molecule has 1 fully saturated rings. The molecule has 1 aliphatic rings. The number of carboxylic acid groups (broad SMARTS) is 1. The fourth-order valence-corrected chi connectivity index (χ4v) is 1.85. The van der Waals surface area contributed by atoms with Crippen LogP contribution in [0.4, 0.5) is 0 Å². The number of nitrogens with zero attached hydrogens (tertiary/aromatic N) is 1. The van der Waals surface area contributed by atoms with Gasteiger partial charge < -0.3 is 15.3 Å². The number of likely N-dealkylation sites (tertiary alicyclic amines) is 1. The highest BCUT2D eigenvalue weighted by Crippen LogP contribution is 2.07. The van der Waals surface area contributed by atoms with Crippen LogP contribution in [0.25, 0.3) is 0 Å². The summed E-state index contributed by atoms with van der Waals surface area (Å²) in [5.41, 5.74) is 0. The Labute approximate surface area is 95.8 Å². The summed E-state index contributed by atoms with van der Waals surface area (Å²) >= 11 is 0. The molecule has 1 amide bonds. The Hall–Kier alpha value is -1.10. The highest BCUT2D eigenvalue weighted by Gasteiger charge is 2.10. The van der Waals surface area contributed by atoms with Crippen molar-refractivity contribution in [2.24, 2.45) is 0 Å². The maximum atomic E-state index is 11.2. The third kappa shape index (κ3) is 5.70. The van der Waals surface area contributed by atoms with Crippen LogP contribution < -0.4 is 5.32 Å². The Morgan fingerprint density at radius 3 is 2.44 bits per heavy atom. The molecule has 0 aliphatic carbocycles. The van der Waals surface area contributed by atoms with Crippen LogP contribution in [-0.4, -0.2) is 48.1 Å². The first-order chi connectivity index (χ1) is 7.68. The molecule has 0 spiro atoms. The predicted molar refractivity (Wildman–Crippen MR) is 60.2 cm³/mol. The molecule has 0 unspecified atom stereocenters. The number of aliphatic carboxylic acids is 1. The van der Waals surface area contributed by atoms with Gasteiger partial charge in [-0.3, -0.25) is 9.59 Å². The van der Waals surface area contributed by atoms with Gasteiger partial charge in [0, 0.05) is 19.5 Å². The highest BCUT2D eigenvalue weighted by molar-refractivity contribution is 5.80. The van der Waals surface area contributed by atoms with Crippen LogP contribution >= 0.6 is 0 Å². The number of carbonyl (C=O) groups is 2. The number of piperidine rings is 1. The minimum absolute atomic E-state index is 0.0787. The van der Waals surface area contributed by atoms with Crippen molar-refractivity contribution in [3.05, 3.63) is 0 Å². The standard InChI is InChI=1S/C11H20N2O3/c14-10(4-5-11(15)16)12-6-9-13-7-2-1-3-8-13/h1-9H2,(H,12,14)(H,15,16). The average Bonchev–Trinajstić information content (AvgIpc) is 2.28. The van der Waals surface area contributed by atoms with Crippen molar-refractivity contribution in [2.75, 3.05) is 26.2 Å². The Kier molecular flexibility index (Phi) is 5.85. The van der Waals surface area contributed by atoms with Gasteiger partial charge in [-0.2, -0.15) is 0 Å². The molecule has 0 saturated carbocycles. The van der Waals surface area contributed by atoms with E-state index >= 15 is 0 Å². The minimum Gasteiger partial charge on any atom is -0.481 e. The van der Waals surface area contributed by atoms with E-state index in [1.165, 1.54) is 19.3 Å². The van der Waals surface area contributed by atoms with Gasteiger partial charge in [0.2, 0.25) is 5.91 Å². The van der Waals surface area contributed by atoms with E-state index in [0.717, 1.165) is 19.6 Å². The van der Waals surface area contributed by atoms with Crippen LogP contribution in [0.2, 0.25) is 0 Å². The van der Waals surface area contributed by atoms with E-state index in [4.69, 9.17) is 5.11 Å². The molecule has 0 atom stereocenters. The van der Waals surface area contributed by atoms with E-state index in [2.05, 4.69) is 10.2 Å². The quantitative estimate of drug-likeness (QED) is 0.692. The summed E-state index contributed by atoms with van der Waals surface area (Å²) < 4.78 is 0. The van der Waals surface area contributed by atoms with Crippen LogP contribution in [-0.2, 0) is 9.59 Å². The first kappa shape index (κ1) is 13.0. The molecular formula is C11H20N2O3. The van der Waals surface area contributed by atoms with Crippen LogP contribution in [0, 0.1) is 0 Å². The molecule has 1 heterocycles. The van der Waals surface area contributed by atoms with Crippen LogP contribution in [0.1, 0.15) is 32.1 Å². The fourth-order valence-electron chi connectivity index (χ4n) is 1.85. The van der Waals surface area contributed by atoms with E-state index < -0.39 is 5.97 Å². The summed E-state index contributed by atoms with van der Waals surface area (Å²) in [6.45, 7) is 3.73. The monoisotopic (exact) mass is 228 g/mol. The Balaban J connectivity index is 2.01. The van der Waals surface area contributed by atoms with Crippen molar-refractivity contribution in [1.29, 1.82) is 0 Å². The number of rotatable bonds is 6. The summed E-state index contributed by atoms with van der Waals surface area (Å²) in [5, 5.41) is 11.1. The second-order valence-electron chi connectivity index (χ2n) is 4.15. The van der Waals surface area contributed by atoms with Crippen molar-refractivity contribution in [2.45, 2.75) is 32.1 Å². The Morgan fingerprint density at radius 2 is 1.81 bits per heavy atom. The normalized spacial score (nSPS) is 17.0. The van der Waals surface area contributed by atoms with E-state index in [1.807, 2.05) is 0 Å². The predicted octanol–water partition coefficient (Wildman–Crippen LogP) is 0.453. The zero-order valence-electron chi connectivity index (χ0n) is 9.57. The van der Waals surface area contributed by atoms with Crippen molar-refractivity contribution in [3.8, 4) is 0 Å². The summed E-state index contributed by atoms with van der Waals surface area (Å²) in [4.78, 5) is 23.8. The molecule has 0 aromatic carbocycles. The number of hydrogen-bond donors (Lipinski definition) is 2. The second kappa shape index (κ2) is 7.22. The summed E-state index contributed by atoms with van der Waals surface area (Å²) in [6, 6.07) is 0. The fraction of sp³-hybridized carbons (Fsp3) is 0.818. The molecule has 0 aromatic heterocycles. The lowest BCUT2D eigenvalue weighted by Crippen LogP contribution is -2.37. The molecule has 1 rings (SSSR count). The lowest BCUT2D eigenvalue weighted by atomic mass is 10.1.